The Labute approximate surface area is 327 Å². The maximum absolute atomic E-state index is 14.5. The summed E-state index contributed by atoms with van der Waals surface area (Å²) in [6.07, 6.45) is 0.337. The standard InChI is InChI=1S/C40H43ClF3N7O5/c1-54-37-22(18-45-20-24-10-13-33(52)48-24)9-12-31(50-37)29-15-16-47-36(35(29)41)28-7-3-6-27-26(28)5-4-8-32(27)56-39-30(40(42,43)44)17-23(38(51-39)55-2)19-46-21-25-11-14-34(53)49-25/h3,6-7,9,12,15-17,24-25,32,45-46H,4-5,8,10-11,13-14,18-21H2,1-2H3,(H,48,52)(H,49,53)/t24-,25+,32-/m0/s1. The van der Waals surface area contributed by atoms with Crippen LogP contribution in [0.2, 0.25) is 5.02 Å². The summed E-state index contributed by atoms with van der Waals surface area (Å²) < 4.78 is 60.9. The first kappa shape index (κ1) is 39.3. The average Bonchev–Trinajstić information content (AvgIpc) is 3.81. The first-order chi connectivity index (χ1) is 27.0. The smallest absolute Gasteiger partial charge is 0.421 e. The number of methoxy groups -OCH3 is 2. The van der Waals surface area contributed by atoms with E-state index in [-0.39, 0.29) is 41.9 Å². The second kappa shape index (κ2) is 17.0. The van der Waals surface area contributed by atoms with E-state index in [0.717, 1.165) is 34.7 Å². The molecular weight excluding hydrogens is 751 g/mol. The molecule has 3 aliphatic rings. The van der Waals surface area contributed by atoms with E-state index in [9.17, 15) is 22.8 Å². The number of aromatic nitrogens is 3. The Bertz CT molecular complexity index is 2100. The molecule has 2 aliphatic heterocycles. The minimum atomic E-state index is -4.75. The summed E-state index contributed by atoms with van der Waals surface area (Å²) in [5.74, 6) is -0.0899. The number of carbonyl (C=O) groups excluding carboxylic acids is 2. The van der Waals surface area contributed by atoms with Crippen molar-refractivity contribution in [2.75, 3.05) is 27.3 Å². The average molecular weight is 794 g/mol. The van der Waals surface area contributed by atoms with Crippen LogP contribution in [0, 0.1) is 0 Å². The van der Waals surface area contributed by atoms with Gasteiger partial charge < -0.3 is 35.5 Å². The number of hydrogen-bond acceptors (Lipinski definition) is 10. The summed E-state index contributed by atoms with van der Waals surface area (Å²) in [5.41, 5.74) is 4.14. The minimum absolute atomic E-state index is 0.0159. The molecule has 12 nitrogen and oxygen atoms in total. The van der Waals surface area contributed by atoms with Gasteiger partial charge in [0.1, 0.15) is 11.7 Å². The summed E-state index contributed by atoms with van der Waals surface area (Å²) in [5, 5.41) is 12.6. The molecule has 0 spiro atoms. The van der Waals surface area contributed by atoms with Crippen molar-refractivity contribution < 1.29 is 37.0 Å². The first-order valence-corrected chi connectivity index (χ1v) is 19.0. The number of hydrogen-bond donors (Lipinski definition) is 4. The van der Waals surface area contributed by atoms with Gasteiger partial charge in [-0.25, -0.2) is 4.98 Å². The second-order valence-corrected chi connectivity index (χ2v) is 14.5. The van der Waals surface area contributed by atoms with Crippen molar-refractivity contribution in [3.63, 3.8) is 0 Å². The van der Waals surface area contributed by atoms with Crippen LogP contribution in [0.1, 0.15) is 72.4 Å². The number of amides is 2. The van der Waals surface area contributed by atoms with Crippen molar-refractivity contribution in [3.8, 4) is 40.2 Å². The van der Waals surface area contributed by atoms with Crippen molar-refractivity contribution in [3.05, 3.63) is 81.5 Å². The Morgan fingerprint density at radius 3 is 2.14 bits per heavy atom. The maximum atomic E-state index is 14.5. The highest BCUT2D eigenvalue weighted by Gasteiger charge is 2.38. The molecule has 0 unspecified atom stereocenters. The third kappa shape index (κ3) is 8.69. The van der Waals surface area contributed by atoms with Crippen LogP contribution in [-0.4, -0.2) is 66.2 Å². The lowest BCUT2D eigenvalue weighted by Crippen LogP contribution is -2.35. The molecule has 7 rings (SSSR count). The molecule has 2 amide bonds. The van der Waals surface area contributed by atoms with Gasteiger partial charge in [0.25, 0.3) is 0 Å². The number of nitrogens with one attached hydrogen (secondary N) is 4. The van der Waals surface area contributed by atoms with Crippen molar-refractivity contribution in [1.29, 1.82) is 0 Å². The number of benzene rings is 1. The highest BCUT2D eigenvalue weighted by atomic mass is 35.5. The molecule has 296 valence electrons. The highest BCUT2D eigenvalue weighted by molar-refractivity contribution is 6.35. The zero-order valence-corrected chi connectivity index (χ0v) is 31.8. The Hall–Kier alpha value is -4.99. The number of fused-ring (bicyclic) bond motifs is 1. The van der Waals surface area contributed by atoms with Crippen LogP contribution in [0.4, 0.5) is 13.2 Å². The van der Waals surface area contributed by atoms with Gasteiger partial charge in [-0.05, 0) is 61.4 Å². The van der Waals surface area contributed by atoms with E-state index in [2.05, 4.69) is 31.2 Å². The maximum Gasteiger partial charge on any atom is 0.421 e. The van der Waals surface area contributed by atoms with Gasteiger partial charge in [0, 0.05) is 79.6 Å². The van der Waals surface area contributed by atoms with E-state index < -0.39 is 23.7 Å². The molecule has 0 radical (unpaired) electrons. The van der Waals surface area contributed by atoms with Gasteiger partial charge in [-0.2, -0.15) is 18.2 Å². The molecule has 1 aromatic carbocycles. The number of nitrogens with zero attached hydrogens (tertiary/aromatic N) is 3. The van der Waals surface area contributed by atoms with Gasteiger partial charge in [-0.1, -0.05) is 35.9 Å². The third-order valence-electron chi connectivity index (χ3n) is 10.4. The third-order valence-corrected chi connectivity index (χ3v) is 10.7. The van der Waals surface area contributed by atoms with Crippen molar-refractivity contribution in [2.45, 2.75) is 82.4 Å². The zero-order chi connectivity index (χ0) is 39.4. The van der Waals surface area contributed by atoms with Crippen LogP contribution in [0.15, 0.2) is 48.7 Å². The molecule has 1 aliphatic carbocycles. The fraction of sp³-hybridized carbons (Fsp3) is 0.425. The van der Waals surface area contributed by atoms with E-state index in [1.54, 1.807) is 19.4 Å². The topological polar surface area (TPSA) is 149 Å². The molecule has 16 heteroatoms. The molecule has 2 saturated heterocycles. The fourth-order valence-electron chi connectivity index (χ4n) is 7.59. The number of alkyl halides is 3. The molecule has 4 aromatic rings. The van der Waals surface area contributed by atoms with Gasteiger partial charge in [0.05, 0.1) is 30.6 Å². The summed E-state index contributed by atoms with van der Waals surface area (Å²) in [6, 6.07) is 12.2. The molecule has 3 atom stereocenters. The number of carbonyl (C=O) groups is 2. The van der Waals surface area contributed by atoms with E-state index in [0.29, 0.717) is 86.0 Å². The second-order valence-electron chi connectivity index (χ2n) is 14.1. The number of rotatable bonds is 14. The molecular formula is C40H43ClF3N7O5. The lowest BCUT2D eigenvalue weighted by atomic mass is 9.85. The Kier molecular flexibility index (Phi) is 11.9. The summed E-state index contributed by atoms with van der Waals surface area (Å²) in [6.45, 7) is 1.58. The normalized spacial score (nSPS) is 19.4. The number of ether oxygens (including phenoxy) is 3. The Morgan fingerprint density at radius 2 is 1.50 bits per heavy atom. The van der Waals surface area contributed by atoms with Gasteiger partial charge in [-0.15, -0.1) is 0 Å². The quantitative estimate of drug-likeness (QED) is 0.118. The van der Waals surface area contributed by atoms with E-state index in [1.807, 2.05) is 30.3 Å². The van der Waals surface area contributed by atoms with Crippen LogP contribution in [0.3, 0.4) is 0 Å². The molecule has 56 heavy (non-hydrogen) atoms. The van der Waals surface area contributed by atoms with Gasteiger partial charge in [-0.3, -0.25) is 14.6 Å². The Morgan fingerprint density at radius 1 is 0.821 bits per heavy atom. The van der Waals surface area contributed by atoms with Gasteiger partial charge in [0.2, 0.25) is 29.5 Å². The van der Waals surface area contributed by atoms with Crippen LogP contribution < -0.4 is 35.5 Å². The largest absolute Gasteiger partial charge is 0.481 e. The summed E-state index contributed by atoms with van der Waals surface area (Å²) in [7, 11) is 2.90. The van der Waals surface area contributed by atoms with E-state index in [4.69, 9.17) is 30.8 Å². The SMILES string of the molecule is COc1nc(-c2ccnc(-c3cccc4c3CCC[C@@H]4Oc3nc(OC)c(CNC[C@H]4CCC(=O)N4)cc3C(F)(F)F)c2Cl)ccc1CNC[C@@H]1CCC(=O)N1. The Balaban J connectivity index is 1.12. The molecule has 0 bridgehead atoms. The lowest BCUT2D eigenvalue weighted by Gasteiger charge is -2.29. The summed E-state index contributed by atoms with van der Waals surface area (Å²) in [4.78, 5) is 36.7. The highest BCUT2D eigenvalue weighted by Crippen LogP contribution is 2.44. The predicted octanol–water partition coefficient (Wildman–Crippen LogP) is 6.09. The van der Waals surface area contributed by atoms with E-state index >= 15 is 0 Å². The first-order valence-electron chi connectivity index (χ1n) is 18.6. The molecule has 2 fully saturated rings. The van der Waals surface area contributed by atoms with Gasteiger partial charge in [0.15, 0.2) is 0 Å². The van der Waals surface area contributed by atoms with Crippen LogP contribution in [0.5, 0.6) is 17.6 Å². The number of pyridine rings is 3. The van der Waals surface area contributed by atoms with Crippen LogP contribution in [0.25, 0.3) is 22.5 Å². The van der Waals surface area contributed by atoms with Crippen LogP contribution >= 0.6 is 11.6 Å². The number of halogens is 4. The molecule has 5 heterocycles. The van der Waals surface area contributed by atoms with Crippen molar-refractivity contribution in [1.82, 2.24) is 36.2 Å². The van der Waals surface area contributed by atoms with Gasteiger partial charge >= 0.3 is 6.18 Å². The molecule has 4 N–H and O–H groups in total. The van der Waals surface area contributed by atoms with Crippen molar-refractivity contribution >= 4 is 23.4 Å². The predicted molar refractivity (Wildman–Crippen MR) is 202 cm³/mol. The minimum Gasteiger partial charge on any atom is -0.481 e. The van der Waals surface area contributed by atoms with Crippen molar-refractivity contribution in [2.24, 2.45) is 0 Å². The molecule has 3 aromatic heterocycles. The summed E-state index contributed by atoms with van der Waals surface area (Å²) >= 11 is 7.09. The van der Waals surface area contributed by atoms with E-state index in [1.165, 1.54) is 7.11 Å². The zero-order valence-electron chi connectivity index (χ0n) is 31.0. The lowest BCUT2D eigenvalue weighted by molar-refractivity contribution is -0.140. The van der Waals surface area contributed by atoms with Crippen LogP contribution in [-0.2, 0) is 35.3 Å². The monoisotopic (exact) mass is 793 g/mol. The molecule has 0 saturated carbocycles. The fourth-order valence-corrected chi connectivity index (χ4v) is 7.90.